The molecule has 0 bridgehead atoms. The molecule has 0 aliphatic heterocycles. The number of H-pyrrole nitrogens is 1. The van der Waals surface area contributed by atoms with E-state index >= 15 is 0 Å². The number of aliphatic hydroxyl groups excluding tert-OH is 1. The molecule has 2 amide bonds. The predicted molar refractivity (Wildman–Crippen MR) is 115 cm³/mol. The molecule has 0 saturated carbocycles. The van der Waals surface area contributed by atoms with E-state index in [1.807, 2.05) is 56.3 Å². The van der Waals surface area contributed by atoms with E-state index in [9.17, 15) is 9.90 Å². The Morgan fingerprint density at radius 1 is 1.20 bits per heavy atom. The third kappa shape index (κ3) is 3.99. The van der Waals surface area contributed by atoms with Gasteiger partial charge >= 0.3 is 6.03 Å². The van der Waals surface area contributed by atoms with Crippen LogP contribution < -0.4 is 10.6 Å². The fourth-order valence-corrected chi connectivity index (χ4v) is 3.38. The summed E-state index contributed by atoms with van der Waals surface area (Å²) in [6, 6.07) is 14.6. The van der Waals surface area contributed by atoms with E-state index in [4.69, 9.17) is 0 Å². The SMILES string of the molecule is Cc1cc(-c2n[nH]c3cc(NC(=O)NC(C)c4ccccc4)nc(CO)c23)ccn1. The molecule has 152 valence electrons. The van der Waals surface area contributed by atoms with Crippen LogP contribution in [0.25, 0.3) is 22.2 Å². The first-order chi connectivity index (χ1) is 14.5. The number of aromatic nitrogens is 4. The molecule has 4 aromatic rings. The number of pyridine rings is 2. The maximum Gasteiger partial charge on any atom is 0.320 e. The minimum atomic E-state index is -0.383. The molecule has 30 heavy (non-hydrogen) atoms. The second-order valence-electron chi connectivity index (χ2n) is 7.02. The highest BCUT2D eigenvalue weighted by Crippen LogP contribution is 2.30. The van der Waals surface area contributed by atoms with Gasteiger partial charge in [-0.15, -0.1) is 0 Å². The van der Waals surface area contributed by atoms with E-state index in [1.54, 1.807) is 12.3 Å². The van der Waals surface area contributed by atoms with Crippen LogP contribution in [0.3, 0.4) is 0 Å². The molecular formula is C22H22N6O2. The molecule has 3 aromatic heterocycles. The lowest BCUT2D eigenvalue weighted by Gasteiger charge is -2.15. The number of hydrogen-bond acceptors (Lipinski definition) is 5. The number of carbonyl (C=O) groups excluding carboxylic acids is 1. The van der Waals surface area contributed by atoms with E-state index in [0.29, 0.717) is 28.1 Å². The van der Waals surface area contributed by atoms with Crippen molar-refractivity contribution in [1.29, 1.82) is 0 Å². The summed E-state index contributed by atoms with van der Waals surface area (Å²) in [7, 11) is 0. The highest BCUT2D eigenvalue weighted by atomic mass is 16.3. The maximum absolute atomic E-state index is 12.4. The lowest BCUT2D eigenvalue weighted by atomic mass is 10.1. The van der Waals surface area contributed by atoms with Gasteiger partial charge in [0.25, 0.3) is 0 Å². The summed E-state index contributed by atoms with van der Waals surface area (Å²) in [5, 5.41) is 23.6. The third-order valence-electron chi connectivity index (χ3n) is 4.83. The molecule has 3 heterocycles. The molecule has 4 rings (SSSR count). The zero-order valence-electron chi connectivity index (χ0n) is 16.7. The Hall–Kier alpha value is -3.78. The van der Waals surface area contributed by atoms with Crippen molar-refractivity contribution in [2.24, 2.45) is 0 Å². The van der Waals surface area contributed by atoms with Crippen molar-refractivity contribution in [3.8, 4) is 11.3 Å². The summed E-state index contributed by atoms with van der Waals surface area (Å²) < 4.78 is 0. The Balaban J connectivity index is 1.59. The Kier molecular flexibility index (Phi) is 5.40. The summed E-state index contributed by atoms with van der Waals surface area (Å²) in [5.41, 5.74) is 4.52. The number of urea groups is 1. The molecule has 0 spiro atoms. The van der Waals surface area contributed by atoms with Crippen LogP contribution in [0.4, 0.5) is 10.6 Å². The van der Waals surface area contributed by atoms with Gasteiger partial charge in [-0.2, -0.15) is 5.10 Å². The van der Waals surface area contributed by atoms with Crippen LogP contribution >= 0.6 is 0 Å². The van der Waals surface area contributed by atoms with E-state index in [1.165, 1.54) is 0 Å². The van der Waals surface area contributed by atoms with Gasteiger partial charge in [-0.25, -0.2) is 9.78 Å². The topological polar surface area (TPSA) is 116 Å². The van der Waals surface area contributed by atoms with Gasteiger partial charge in [-0.05, 0) is 31.5 Å². The van der Waals surface area contributed by atoms with Crippen LogP contribution in [-0.2, 0) is 6.61 Å². The summed E-state index contributed by atoms with van der Waals surface area (Å²) in [5.74, 6) is 0.324. The highest BCUT2D eigenvalue weighted by Gasteiger charge is 2.17. The van der Waals surface area contributed by atoms with Crippen LogP contribution in [0.1, 0.15) is 29.9 Å². The molecule has 4 N–H and O–H groups in total. The molecule has 1 aromatic carbocycles. The smallest absolute Gasteiger partial charge is 0.320 e. The first kappa shape index (κ1) is 19.5. The van der Waals surface area contributed by atoms with Gasteiger partial charge in [-0.1, -0.05) is 30.3 Å². The number of anilines is 1. The quantitative estimate of drug-likeness (QED) is 0.406. The van der Waals surface area contributed by atoms with Gasteiger partial charge in [0.15, 0.2) is 0 Å². The van der Waals surface area contributed by atoms with Crippen LogP contribution in [0.15, 0.2) is 54.7 Å². The number of hydrogen-bond donors (Lipinski definition) is 4. The average Bonchev–Trinajstić information content (AvgIpc) is 3.17. The molecule has 8 heteroatoms. The van der Waals surface area contributed by atoms with Crippen molar-refractivity contribution in [1.82, 2.24) is 25.5 Å². The standard InChI is InChI=1S/C22H22N6O2/c1-13-10-16(8-9-23-13)21-20-17(27-28-21)11-19(25-18(20)12-29)26-22(30)24-14(2)15-6-4-3-5-7-15/h3-11,14,29H,12H2,1-2H3,(H,27,28)(H2,24,25,26,30). The molecular weight excluding hydrogens is 380 g/mol. The van der Waals surface area contributed by atoms with Gasteiger partial charge in [0.1, 0.15) is 11.5 Å². The predicted octanol–water partition coefficient (Wildman–Crippen LogP) is 3.70. The number of aliphatic hydroxyl groups is 1. The second-order valence-corrected chi connectivity index (χ2v) is 7.02. The molecule has 0 radical (unpaired) electrons. The molecule has 1 atom stereocenters. The third-order valence-corrected chi connectivity index (χ3v) is 4.83. The number of fused-ring (bicyclic) bond motifs is 1. The Morgan fingerprint density at radius 3 is 2.73 bits per heavy atom. The normalized spacial score (nSPS) is 12.0. The largest absolute Gasteiger partial charge is 0.390 e. The van der Waals surface area contributed by atoms with Crippen LogP contribution in [0, 0.1) is 6.92 Å². The molecule has 0 fully saturated rings. The fourth-order valence-electron chi connectivity index (χ4n) is 3.38. The number of amides is 2. The Morgan fingerprint density at radius 2 is 2.00 bits per heavy atom. The minimum absolute atomic E-state index is 0.166. The summed E-state index contributed by atoms with van der Waals surface area (Å²) in [4.78, 5) is 21.1. The molecule has 8 nitrogen and oxygen atoms in total. The van der Waals surface area contributed by atoms with E-state index < -0.39 is 0 Å². The van der Waals surface area contributed by atoms with E-state index in [0.717, 1.165) is 16.8 Å². The number of rotatable bonds is 5. The van der Waals surface area contributed by atoms with Gasteiger partial charge in [0.05, 0.1) is 29.2 Å². The number of nitrogens with one attached hydrogen (secondary N) is 3. The zero-order chi connectivity index (χ0) is 21.1. The first-order valence-electron chi connectivity index (χ1n) is 9.59. The Bertz CT molecular complexity index is 1190. The number of carbonyl (C=O) groups is 1. The van der Waals surface area contributed by atoms with Gasteiger partial charge in [0.2, 0.25) is 0 Å². The van der Waals surface area contributed by atoms with Crippen molar-refractivity contribution in [2.45, 2.75) is 26.5 Å². The van der Waals surface area contributed by atoms with Gasteiger partial charge in [0, 0.05) is 23.5 Å². The average molecular weight is 402 g/mol. The monoisotopic (exact) mass is 402 g/mol. The second kappa shape index (κ2) is 8.30. The van der Waals surface area contributed by atoms with Crippen LogP contribution in [-0.4, -0.2) is 31.3 Å². The molecule has 0 aliphatic rings. The fraction of sp³-hybridized carbons (Fsp3) is 0.182. The summed E-state index contributed by atoms with van der Waals surface area (Å²) >= 11 is 0. The molecule has 0 aliphatic carbocycles. The summed E-state index contributed by atoms with van der Waals surface area (Å²) in [6.45, 7) is 3.52. The maximum atomic E-state index is 12.4. The van der Waals surface area contributed by atoms with Crippen molar-refractivity contribution in [3.05, 3.63) is 71.7 Å². The summed E-state index contributed by atoms with van der Waals surface area (Å²) in [6.07, 6.45) is 1.71. The molecule has 0 saturated heterocycles. The lowest BCUT2D eigenvalue weighted by Crippen LogP contribution is -2.31. The number of aryl methyl sites for hydroxylation is 1. The van der Waals surface area contributed by atoms with E-state index in [2.05, 4.69) is 30.8 Å². The Labute approximate surface area is 173 Å². The van der Waals surface area contributed by atoms with Crippen molar-refractivity contribution < 1.29 is 9.90 Å². The van der Waals surface area contributed by atoms with Crippen LogP contribution in [0.2, 0.25) is 0 Å². The van der Waals surface area contributed by atoms with Gasteiger partial charge < -0.3 is 10.4 Å². The van der Waals surface area contributed by atoms with Crippen molar-refractivity contribution in [3.63, 3.8) is 0 Å². The van der Waals surface area contributed by atoms with Crippen molar-refractivity contribution in [2.75, 3.05) is 5.32 Å². The minimum Gasteiger partial charge on any atom is -0.390 e. The molecule has 1 unspecified atom stereocenters. The lowest BCUT2D eigenvalue weighted by molar-refractivity contribution is 0.249. The van der Waals surface area contributed by atoms with Gasteiger partial charge in [-0.3, -0.25) is 15.4 Å². The zero-order valence-corrected chi connectivity index (χ0v) is 16.7. The number of aromatic amines is 1. The highest BCUT2D eigenvalue weighted by molar-refractivity contribution is 5.97. The van der Waals surface area contributed by atoms with Crippen LogP contribution in [0.5, 0.6) is 0 Å². The van der Waals surface area contributed by atoms with E-state index in [-0.39, 0.29) is 18.7 Å². The van der Waals surface area contributed by atoms with Crippen molar-refractivity contribution >= 4 is 22.8 Å². The number of nitrogens with zero attached hydrogens (tertiary/aromatic N) is 3. The first-order valence-corrected chi connectivity index (χ1v) is 9.59. The number of benzene rings is 1.